The predicted molar refractivity (Wildman–Crippen MR) is 111 cm³/mol. The first-order chi connectivity index (χ1) is 13.0. The molecule has 0 spiro atoms. The summed E-state index contributed by atoms with van der Waals surface area (Å²) in [6.07, 6.45) is 2.16. The Balaban J connectivity index is 1.43. The molecule has 0 aromatic heterocycles. The van der Waals surface area contributed by atoms with Gasteiger partial charge in [-0.2, -0.15) is 0 Å². The van der Waals surface area contributed by atoms with Crippen molar-refractivity contribution in [3.63, 3.8) is 0 Å². The molecule has 1 fully saturated rings. The van der Waals surface area contributed by atoms with Crippen molar-refractivity contribution >= 4 is 23.6 Å². The average Bonchev–Trinajstić information content (AvgIpc) is 3.47. The Morgan fingerprint density at radius 3 is 2.30 bits per heavy atom. The Morgan fingerprint density at radius 1 is 1.04 bits per heavy atom. The summed E-state index contributed by atoms with van der Waals surface area (Å²) in [7, 11) is 1.82. The van der Waals surface area contributed by atoms with Gasteiger partial charge in [-0.25, -0.2) is 0 Å². The molecule has 0 aliphatic heterocycles. The fourth-order valence-corrected chi connectivity index (χ4v) is 3.60. The predicted octanol–water partition coefficient (Wildman–Crippen LogP) is 3.78. The highest BCUT2D eigenvalue weighted by molar-refractivity contribution is 7.99. The third kappa shape index (κ3) is 6.14. The Hall–Kier alpha value is -2.27. The standard InChI is InChI=1S/C22H26N2O2S/c1-16-3-5-18(6-4-16)14-27-15-21(25)24(2)13-17-7-9-19(10-8-17)22(26)23-20-11-12-20/h3-10,20H,11-15H2,1-2H3,(H,23,26). The first-order valence-corrected chi connectivity index (χ1v) is 10.4. The minimum Gasteiger partial charge on any atom is -0.349 e. The molecule has 0 bridgehead atoms. The van der Waals surface area contributed by atoms with Crippen LogP contribution in [0, 0.1) is 6.92 Å². The number of carbonyl (C=O) groups excluding carboxylic acids is 2. The summed E-state index contributed by atoms with van der Waals surface area (Å²) < 4.78 is 0. The summed E-state index contributed by atoms with van der Waals surface area (Å²) in [4.78, 5) is 26.1. The van der Waals surface area contributed by atoms with Crippen molar-refractivity contribution in [1.29, 1.82) is 0 Å². The second kappa shape index (κ2) is 9.09. The van der Waals surface area contributed by atoms with Crippen molar-refractivity contribution < 1.29 is 9.59 Å². The summed E-state index contributed by atoms with van der Waals surface area (Å²) in [5, 5.41) is 2.98. The van der Waals surface area contributed by atoms with E-state index in [0.29, 0.717) is 23.9 Å². The molecule has 3 rings (SSSR count). The molecule has 5 heteroatoms. The zero-order chi connectivity index (χ0) is 19.2. The largest absolute Gasteiger partial charge is 0.349 e. The average molecular weight is 383 g/mol. The van der Waals surface area contributed by atoms with Crippen LogP contribution in [0.5, 0.6) is 0 Å². The molecule has 142 valence electrons. The van der Waals surface area contributed by atoms with Crippen molar-refractivity contribution in [2.24, 2.45) is 0 Å². The van der Waals surface area contributed by atoms with Crippen LogP contribution in [0.3, 0.4) is 0 Å². The van der Waals surface area contributed by atoms with E-state index < -0.39 is 0 Å². The Labute approximate surface area is 165 Å². The van der Waals surface area contributed by atoms with Gasteiger partial charge in [-0.05, 0) is 43.0 Å². The normalized spacial score (nSPS) is 13.3. The molecular formula is C22H26N2O2S. The van der Waals surface area contributed by atoms with Gasteiger partial charge in [0.25, 0.3) is 5.91 Å². The Bertz CT molecular complexity index is 783. The van der Waals surface area contributed by atoms with Crippen LogP contribution < -0.4 is 5.32 Å². The number of amides is 2. The van der Waals surface area contributed by atoms with Gasteiger partial charge < -0.3 is 10.2 Å². The van der Waals surface area contributed by atoms with Crippen LogP contribution in [0.25, 0.3) is 0 Å². The van der Waals surface area contributed by atoms with Crippen molar-refractivity contribution in [3.8, 4) is 0 Å². The molecular weight excluding hydrogens is 356 g/mol. The summed E-state index contributed by atoms with van der Waals surface area (Å²) in [6.45, 7) is 2.62. The quantitative estimate of drug-likeness (QED) is 0.756. The van der Waals surface area contributed by atoms with E-state index in [9.17, 15) is 9.59 Å². The summed E-state index contributed by atoms with van der Waals surface area (Å²) in [5.74, 6) is 1.40. The Morgan fingerprint density at radius 2 is 1.67 bits per heavy atom. The van der Waals surface area contributed by atoms with E-state index in [-0.39, 0.29) is 11.8 Å². The van der Waals surface area contributed by atoms with E-state index in [1.807, 2.05) is 31.3 Å². The number of thioether (sulfide) groups is 1. The number of benzene rings is 2. The first-order valence-electron chi connectivity index (χ1n) is 9.28. The fraction of sp³-hybridized carbons (Fsp3) is 0.364. The van der Waals surface area contributed by atoms with Gasteiger partial charge in [-0.3, -0.25) is 9.59 Å². The minimum atomic E-state index is -0.0130. The first kappa shape index (κ1) is 19.5. The van der Waals surface area contributed by atoms with Crippen LogP contribution >= 0.6 is 11.8 Å². The van der Waals surface area contributed by atoms with Crippen molar-refractivity contribution in [2.45, 2.75) is 38.1 Å². The van der Waals surface area contributed by atoms with Crippen LogP contribution in [-0.4, -0.2) is 35.6 Å². The summed E-state index contributed by atoms with van der Waals surface area (Å²) >= 11 is 1.63. The number of nitrogens with one attached hydrogen (secondary N) is 1. The molecule has 1 aliphatic rings. The van der Waals surface area contributed by atoms with E-state index in [1.54, 1.807) is 16.7 Å². The minimum absolute atomic E-state index is 0.0130. The molecule has 1 aliphatic carbocycles. The van der Waals surface area contributed by atoms with Crippen molar-refractivity contribution in [2.75, 3.05) is 12.8 Å². The molecule has 4 nitrogen and oxygen atoms in total. The molecule has 1 N–H and O–H groups in total. The highest BCUT2D eigenvalue weighted by Gasteiger charge is 2.23. The maximum atomic E-state index is 12.3. The second-order valence-electron chi connectivity index (χ2n) is 7.17. The lowest BCUT2D eigenvalue weighted by atomic mass is 10.1. The van der Waals surface area contributed by atoms with Crippen LogP contribution in [0.4, 0.5) is 0 Å². The van der Waals surface area contributed by atoms with E-state index in [2.05, 4.69) is 36.5 Å². The number of hydrogen-bond donors (Lipinski definition) is 1. The van der Waals surface area contributed by atoms with Gasteiger partial charge in [0.2, 0.25) is 5.91 Å². The van der Waals surface area contributed by atoms with Crippen molar-refractivity contribution in [1.82, 2.24) is 10.2 Å². The third-order valence-electron chi connectivity index (χ3n) is 4.59. The van der Waals surface area contributed by atoms with Crippen LogP contribution in [0.1, 0.15) is 39.9 Å². The molecule has 0 radical (unpaired) electrons. The lowest BCUT2D eigenvalue weighted by Crippen LogP contribution is -2.28. The maximum Gasteiger partial charge on any atom is 0.251 e. The highest BCUT2D eigenvalue weighted by Crippen LogP contribution is 2.19. The monoisotopic (exact) mass is 382 g/mol. The van der Waals surface area contributed by atoms with Gasteiger partial charge in [0.15, 0.2) is 0 Å². The van der Waals surface area contributed by atoms with E-state index >= 15 is 0 Å². The van der Waals surface area contributed by atoms with Gasteiger partial charge in [0, 0.05) is 31.0 Å². The van der Waals surface area contributed by atoms with E-state index in [1.165, 1.54) is 11.1 Å². The lowest BCUT2D eigenvalue weighted by Gasteiger charge is -2.17. The van der Waals surface area contributed by atoms with Crippen LogP contribution in [-0.2, 0) is 17.1 Å². The molecule has 0 unspecified atom stereocenters. The molecule has 27 heavy (non-hydrogen) atoms. The van der Waals surface area contributed by atoms with E-state index in [0.717, 1.165) is 24.2 Å². The van der Waals surface area contributed by atoms with Gasteiger partial charge in [-0.15, -0.1) is 11.8 Å². The molecule has 0 heterocycles. The second-order valence-corrected chi connectivity index (χ2v) is 8.16. The molecule has 2 aromatic carbocycles. The molecule has 1 saturated carbocycles. The zero-order valence-corrected chi connectivity index (χ0v) is 16.7. The molecule has 2 aromatic rings. The topological polar surface area (TPSA) is 49.4 Å². The smallest absolute Gasteiger partial charge is 0.251 e. The molecule has 0 saturated heterocycles. The van der Waals surface area contributed by atoms with Crippen LogP contribution in [0.15, 0.2) is 48.5 Å². The van der Waals surface area contributed by atoms with Gasteiger partial charge in [0.05, 0.1) is 5.75 Å². The number of nitrogens with zero attached hydrogens (tertiary/aromatic N) is 1. The van der Waals surface area contributed by atoms with Gasteiger partial charge in [0.1, 0.15) is 0 Å². The number of hydrogen-bond acceptors (Lipinski definition) is 3. The highest BCUT2D eigenvalue weighted by atomic mass is 32.2. The van der Waals surface area contributed by atoms with Crippen molar-refractivity contribution in [3.05, 3.63) is 70.8 Å². The van der Waals surface area contributed by atoms with Crippen LogP contribution in [0.2, 0.25) is 0 Å². The molecule has 0 atom stereocenters. The lowest BCUT2D eigenvalue weighted by molar-refractivity contribution is -0.127. The number of aryl methyl sites for hydroxylation is 1. The van der Waals surface area contributed by atoms with Gasteiger partial charge >= 0.3 is 0 Å². The van der Waals surface area contributed by atoms with Gasteiger partial charge in [-0.1, -0.05) is 42.0 Å². The molecule has 2 amide bonds. The summed E-state index contributed by atoms with van der Waals surface area (Å²) in [5.41, 5.74) is 4.18. The Kier molecular flexibility index (Phi) is 6.56. The number of rotatable bonds is 8. The fourth-order valence-electron chi connectivity index (χ4n) is 2.67. The summed E-state index contributed by atoms with van der Waals surface area (Å²) in [6, 6.07) is 16.3. The SMILES string of the molecule is Cc1ccc(CSCC(=O)N(C)Cc2ccc(C(=O)NC3CC3)cc2)cc1. The zero-order valence-electron chi connectivity index (χ0n) is 15.9. The van der Waals surface area contributed by atoms with E-state index in [4.69, 9.17) is 0 Å². The third-order valence-corrected chi connectivity index (χ3v) is 5.58. The number of carbonyl (C=O) groups is 2. The maximum absolute atomic E-state index is 12.3.